The van der Waals surface area contributed by atoms with E-state index in [1.165, 1.54) is 0 Å². The monoisotopic (exact) mass is 242 g/mol. The molecule has 4 nitrogen and oxygen atoms in total. The highest BCUT2D eigenvalue weighted by Crippen LogP contribution is 1.94. The molecule has 0 fully saturated rings. The molecule has 0 atom stereocenters. The summed E-state index contributed by atoms with van der Waals surface area (Å²) in [6, 6.07) is 0. The van der Waals surface area contributed by atoms with E-state index in [9.17, 15) is 9.59 Å². The van der Waals surface area contributed by atoms with Crippen molar-refractivity contribution in [2.24, 2.45) is 0 Å². The fourth-order valence-electron chi connectivity index (χ4n) is 0.634. The van der Waals surface area contributed by atoms with Gasteiger partial charge in [-0.15, -0.1) is 0 Å². The summed E-state index contributed by atoms with van der Waals surface area (Å²) in [4.78, 5) is 20.8. The number of hydrogen-bond donors (Lipinski definition) is 0. The van der Waals surface area contributed by atoms with Gasteiger partial charge in [0.25, 0.3) is 0 Å². The molecule has 0 N–H and O–H groups in total. The fourth-order valence-corrected chi connectivity index (χ4v) is 0.634. The highest BCUT2D eigenvalue weighted by molar-refractivity contribution is 5.86. The molecule has 0 aliphatic heterocycles. The molecule has 0 spiro atoms. The molecule has 0 aromatic heterocycles. The zero-order valence-electron chi connectivity index (χ0n) is 11.0. The standard InChI is InChI=1S/C8H14O2.C5H8O2/c1-4-5-6-10-8(9)7(2)3;1-3-5(6)7-4-2/h2,4-6H2,1,3H3;3H,1,4H2,2H3. The summed E-state index contributed by atoms with van der Waals surface area (Å²) in [5, 5.41) is 0. The average Bonchev–Trinajstić information content (AvgIpc) is 2.30. The average molecular weight is 242 g/mol. The van der Waals surface area contributed by atoms with Gasteiger partial charge in [0, 0.05) is 11.6 Å². The lowest BCUT2D eigenvalue weighted by Crippen LogP contribution is -2.05. The van der Waals surface area contributed by atoms with E-state index in [2.05, 4.69) is 24.8 Å². The summed E-state index contributed by atoms with van der Waals surface area (Å²) in [5.41, 5.74) is 0.469. The van der Waals surface area contributed by atoms with Crippen LogP contribution in [0.5, 0.6) is 0 Å². The normalized spacial score (nSPS) is 8.41. The van der Waals surface area contributed by atoms with Crippen molar-refractivity contribution in [3.8, 4) is 0 Å². The van der Waals surface area contributed by atoms with E-state index in [1.54, 1.807) is 13.8 Å². The molecule has 0 aromatic carbocycles. The summed E-state index contributed by atoms with van der Waals surface area (Å²) >= 11 is 0. The van der Waals surface area contributed by atoms with Crippen molar-refractivity contribution >= 4 is 11.9 Å². The molecule has 0 saturated carbocycles. The van der Waals surface area contributed by atoms with Crippen molar-refractivity contribution < 1.29 is 19.1 Å². The first-order valence-corrected chi connectivity index (χ1v) is 5.61. The molecule has 0 amide bonds. The van der Waals surface area contributed by atoms with Crippen molar-refractivity contribution in [3.05, 3.63) is 24.8 Å². The largest absolute Gasteiger partial charge is 0.463 e. The molecule has 98 valence electrons. The van der Waals surface area contributed by atoms with Crippen molar-refractivity contribution in [1.82, 2.24) is 0 Å². The Morgan fingerprint density at radius 3 is 2.12 bits per heavy atom. The van der Waals surface area contributed by atoms with Gasteiger partial charge in [-0.1, -0.05) is 26.5 Å². The Balaban J connectivity index is 0. The zero-order chi connectivity index (χ0) is 13.7. The molecule has 0 bridgehead atoms. The smallest absolute Gasteiger partial charge is 0.333 e. The number of rotatable bonds is 6. The van der Waals surface area contributed by atoms with Crippen LogP contribution in [0, 0.1) is 0 Å². The van der Waals surface area contributed by atoms with Gasteiger partial charge in [-0.2, -0.15) is 0 Å². The van der Waals surface area contributed by atoms with Gasteiger partial charge in [0.15, 0.2) is 0 Å². The Hall–Kier alpha value is -1.58. The van der Waals surface area contributed by atoms with Crippen LogP contribution in [0.2, 0.25) is 0 Å². The molecule has 0 heterocycles. The van der Waals surface area contributed by atoms with Crippen LogP contribution >= 0.6 is 0 Å². The lowest BCUT2D eigenvalue weighted by atomic mass is 10.3. The molecule has 4 heteroatoms. The van der Waals surface area contributed by atoms with Gasteiger partial charge in [0.05, 0.1) is 13.2 Å². The van der Waals surface area contributed by atoms with Gasteiger partial charge in [-0.3, -0.25) is 0 Å². The van der Waals surface area contributed by atoms with Crippen molar-refractivity contribution in [2.45, 2.75) is 33.6 Å². The lowest BCUT2D eigenvalue weighted by Gasteiger charge is -2.01. The number of unbranched alkanes of at least 4 members (excludes halogenated alkanes) is 1. The van der Waals surface area contributed by atoms with Gasteiger partial charge in [0.1, 0.15) is 0 Å². The Morgan fingerprint density at radius 1 is 1.24 bits per heavy atom. The molecule has 0 aliphatic rings. The van der Waals surface area contributed by atoms with E-state index < -0.39 is 0 Å². The third kappa shape index (κ3) is 14.4. The molecule has 0 rings (SSSR count). The van der Waals surface area contributed by atoms with Crippen LogP contribution in [0.3, 0.4) is 0 Å². The third-order valence-corrected chi connectivity index (χ3v) is 1.53. The maximum atomic E-state index is 10.7. The molecule has 0 aromatic rings. The number of esters is 2. The molecular formula is C13H22O4. The summed E-state index contributed by atoms with van der Waals surface area (Å²) in [6.07, 6.45) is 3.12. The van der Waals surface area contributed by atoms with Gasteiger partial charge >= 0.3 is 11.9 Å². The molecule has 0 unspecified atom stereocenters. The Labute approximate surface area is 103 Å². The summed E-state index contributed by atoms with van der Waals surface area (Å²) < 4.78 is 9.24. The SMILES string of the molecule is C=C(C)C(=O)OCCCC.C=CC(=O)OCC. The van der Waals surface area contributed by atoms with Crippen LogP contribution in [-0.4, -0.2) is 25.2 Å². The highest BCUT2D eigenvalue weighted by atomic mass is 16.5. The van der Waals surface area contributed by atoms with Gasteiger partial charge in [-0.05, 0) is 20.3 Å². The second kappa shape index (κ2) is 12.5. The number of carbonyl (C=O) groups is 2. The van der Waals surface area contributed by atoms with Crippen molar-refractivity contribution in [3.63, 3.8) is 0 Å². The second-order valence-corrected chi connectivity index (χ2v) is 3.23. The quantitative estimate of drug-likeness (QED) is 0.408. The van der Waals surface area contributed by atoms with E-state index >= 15 is 0 Å². The summed E-state index contributed by atoms with van der Waals surface area (Å²) in [6.45, 7) is 13.1. The van der Waals surface area contributed by atoms with Crippen LogP contribution < -0.4 is 0 Å². The number of ether oxygens (including phenoxy) is 2. The van der Waals surface area contributed by atoms with E-state index in [0.717, 1.165) is 18.9 Å². The molecular weight excluding hydrogens is 220 g/mol. The Bertz CT molecular complexity index is 256. The van der Waals surface area contributed by atoms with Gasteiger partial charge < -0.3 is 9.47 Å². The molecule has 0 aliphatic carbocycles. The van der Waals surface area contributed by atoms with Crippen LogP contribution in [0.4, 0.5) is 0 Å². The van der Waals surface area contributed by atoms with Crippen molar-refractivity contribution in [2.75, 3.05) is 13.2 Å². The predicted octanol–water partition coefficient (Wildman–Crippen LogP) is 2.64. The number of carbonyl (C=O) groups excluding carboxylic acids is 2. The highest BCUT2D eigenvalue weighted by Gasteiger charge is 2.00. The van der Waals surface area contributed by atoms with Crippen LogP contribution in [0.15, 0.2) is 24.8 Å². The van der Waals surface area contributed by atoms with E-state index in [-0.39, 0.29) is 11.9 Å². The lowest BCUT2D eigenvalue weighted by molar-refractivity contribution is -0.139. The first-order chi connectivity index (χ1) is 7.99. The maximum absolute atomic E-state index is 10.7. The zero-order valence-corrected chi connectivity index (χ0v) is 11.0. The van der Waals surface area contributed by atoms with Crippen LogP contribution in [0.1, 0.15) is 33.6 Å². The maximum Gasteiger partial charge on any atom is 0.333 e. The topological polar surface area (TPSA) is 52.6 Å². The second-order valence-electron chi connectivity index (χ2n) is 3.23. The van der Waals surface area contributed by atoms with Gasteiger partial charge in [0.2, 0.25) is 0 Å². The predicted molar refractivity (Wildman–Crippen MR) is 67.5 cm³/mol. The van der Waals surface area contributed by atoms with E-state index in [1.807, 2.05) is 0 Å². The summed E-state index contributed by atoms with van der Waals surface area (Å²) in [7, 11) is 0. The summed E-state index contributed by atoms with van der Waals surface area (Å²) in [5.74, 6) is -0.643. The Kier molecular flexibility index (Phi) is 13.1. The number of hydrogen-bond acceptors (Lipinski definition) is 4. The molecule has 0 radical (unpaired) electrons. The third-order valence-electron chi connectivity index (χ3n) is 1.53. The fraction of sp³-hybridized carbons (Fsp3) is 0.538. The molecule has 0 saturated heterocycles. The van der Waals surface area contributed by atoms with Crippen LogP contribution in [-0.2, 0) is 19.1 Å². The minimum absolute atomic E-state index is 0.284. The Morgan fingerprint density at radius 2 is 1.82 bits per heavy atom. The van der Waals surface area contributed by atoms with E-state index in [0.29, 0.717) is 18.8 Å². The molecule has 17 heavy (non-hydrogen) atoms. The minimum Gasteiger partial charge on any atom is -0.463 e. The minimum atomic E-state index is -0.359. The first kappa shape index (κ1) is 17.8. The van der Waals surface area contributed by atoms with Crippen LogP contribution in [0.25, 0.3) is 0 Å². The first-order valence-electron chi connectivity index (χ1n) is 5.61. The van der Waals surface area contributed by atoms with Gasteiger partial charge in [-0.25, -0.2) is 9.59 Å². The van der Waals surface area contributed by atoms with Crippen molar-refractivity contribution in [1.29, 1.82) is 0 Å². The van der Waals surface area contributed by atoms with E-state index in [4.69, 9.17) is 4.74 Å².